The van der Waals surface area contributed by atoms with E-state index in [-0.39, 0.29) is 36.3 Å². The summed E-state index contributed by atoms with van der Waals surface area (Å²) in [7, 11) is 0. The summed E-state index contributed by atoms with van der Waals surface area (Å²) in [6.45, 7) is 4.20. The van der Waals surface area contributed by atoms with Crippen molar-refractivity contribution >= 4 is 11.8 Å². The number of nitrogens with one attached hydrogen (secondary N) is 1. The Bertz CT molecular complexity index is 762. The van der Waals surface area contributed by atoms with Crippen molar-refractivity contribution in [2.75, 3.05) is 26.2 Å². The molecule has 0 aromatic heterocycles. The molecule has 0 spiro atoms. The predicted molar refractivity (Wildman–Crippen MR) is 120 cm³/mol. The standard InChI is InChI=1S/C25H37N3O3/c29-18-21-10-7-15-28(21)17-20-9-2-1-8-19(20)16-26-24(30)22-11-3-4-12-23(22)25(31)27-13-5-6-14-27/h1-2,8-9,21-23,29H,3-7,10-18H2,(H,26,30). The number of hydrogen-bond acceptors (Lipinski definition) is 4. The topological polar surface area (TPSA) is 72.9 Å². The first-order chi connectivity index (χ1) is 15.2. The third-order valence-corrected chi connectivity index (χ3v) is 7.49. The van der Waals surface area contributed by atoms with Gasteiger partial charge in [0.05, 0.1) is 6.61 Å². The second kappa shape index (κ2) is 10.6. The highest BCUT2D eigenvalue weighted by Crippen LogP contribution is 2.33. The molecule has 3 atom stereocenters. The Morgan fingerprint density at radius 1 is 0.903 bits per heavy atom. The summed E-state index contributed by atoms with van der Waals surface area (Å²) in [4.78, 5) is 30.5. The van der Waals surface area contributed by atoms with Gasteiger partial charge in [-0.3, -0.25) is 14.5 Å². The van der Waals surface area contributed by atoms with Crippen LogP contribution in [0.25, 0.3) is 0 Å². The number of carbonyl (C=O) groups is 2. The lowest BCUT2D eigenvalue weighted by Crippen LogP contribution is -2.44. The number of aliphatic hydroxyl groups is 1. The second-order valence-corrected chi connectivity index (χ2v) is 9.47. The molecule has 2 heterocycles. The summed E-state index contributed by atoms with van der Waals surface area (Å²) in [5.41, 5.74) is 2.33. The van der Waals surface area contributed by atoms with Crippen LogP contribution < -0.4 is 5.32 Å². The van der Waals surface area contributed by atoms with Crippen molar-refractivity contribution in [3.63, 3.8) is 0 Å². The van der Waals surface area contributed by atoms with Crippen LogP contribution in [0.15, 0.2) is 24.3 Å². The SMILES string of the molecule is O=C(NCc1ccccc1CN1CCCC1CO)C1CCCCC1C(=O)N1CCCC1. The van der Waals surface area contributed by atoms with Gasteiger partial charge >= 0.3 is 0 Å². The summed E-state index contributed by atoms with van der Waals surface area (Å²) < 4.78 is 0. The van der Waals surface area contributed by atoms with Crippen LogP contribution in [0.3, 0.4) is 0 Å². The fourth-order valence-electron chi connectivity index (χ4n) is 5.64. The summed E-state index contributed by atoms with van der Waals surface area (Å²) in [6, 6.07) is 8.49. The third-order valence-electron chi connectivity index (χ3n) is 7.49. The molecule has 3 aliphatic rings. The highest BCUT2D eigenvalue weighted by molar-refractivity contribution is 5.88. The quantitative estimate of drug-likeness (QED) is 0.702. The maximum atomic E-state index is 13.1. The predicted octanol–water partition coefficient (Wildman–Crippen LogP) is 2.69. The van der Waals surface area contributed by atoms with Gasteiger partial charge in [0.1, 0.15) is 0 Å². The zero-order valence-electron chi connectivity index (χ0n) is 18.6. The number of amides is 2. The van der Waals surface area contributed by atoms with Gasteiger partial charge in [-0.25, -0.2) is 0 Å². The van der Waals surface area contributed by atoms with Gasteiger partial charge < -0.3 is 15.3 Å². The molecule has 170 valence electrons. The number of benzene rings is 1. The molecule has 4 rings (SSSR count). The van der Waals surface area contributed by atoms with Gasteiger partial charge in [0, 0.05) is 44.1 Å². The molecule has 6 nitrogen and oxygen atoms in total. The minimum absolute atomic E-state index is 0.0291. The number of nitrogens with zero attached hydrogens (tertiary/aromatic N) is 2. The van der Waals surface area contributed by atoms with Gasteiger partial charge in [-0.2, -0.15) is 0 Å². The van der Waals surface area contributed by atoms with Crippen LogP contribution in [0.4, 0.5) is 0 Å². The van der Waals surface area contributed by atoms with E-state index in [1.165, 1.54) is 5.56 Å². The molecule has 0 radical (unpaired) electrons. The number of rotatable bonds is 7. The van der Waals surface area contributed by atoms with Crippen LogP contribution in [-0.2, 0) is 22.7 Å². The van der Waals surface area contributed by atoms with Gasteiger partial charge in [0.25, 0.3) is 0 Å². The van der Waals surface area contributed by atoms with E-state index in [0.29, 0.717) is 6.54 Å². The van der Waals surface area contributed by atoms with Crippen molar-refractivity contribution in [1.29, 1.82) is 0 Å². The molecule has 6 heteroatoms. The van der Waals surface area contributed by atoms with E-state index >= 15 is 0 Å². The smallest absolute Gasteiger partial charge is 0.226 e. The average Bonchev–Trinajstić information content (AvgIpc) is 3.50. The van der Waals surface area contributed by atoms with E-state index < -0.39 is 0 Å². The van der Waals surface area contributed by atoms with Crippen molar-refractivity contribution in [2.24, 2.45) is 11.8 Å². The van der Waals surface area contributed by atoms with E-state index in [1.807, 2.05) is 17.0 Å². The zero-order chi connectivity index (χ0) is 21.6. The maximum Gasteiger partial charge on any atom is 0.226 e. The van der Waals surface area contributed by atoms with Crippen LogP contribution in [0.2, 0.25) is 0 Å². The number of hydrogen-bond donors (Lipinski definition) is 2. The number of aliphatic hydroxyl groups excluding tert-OH is 1. The highest BCUT2D eigenvalue weighted by Gasteiger charge is 2.38. The Hall–Kier alpha value is -1.92. The van der Waals surface area contributed by atoms with Crippen LogP contribution in [0.5, 0.6) is 0 Å². The van der Waals surface area contributed by atoms with Crippen molar-refractivity contribution in [3.05, 3.63) is 35.4 Å². The van der Waals surface area contributed by atoms with Crippen LogP contribution in [0.1, 0.15) is 62.5 Å². The monoisotopic (exact) mass is 427 g/mol. The first kappa shape index (κ1) is 22.3. The fourth-order valence-corrected chi connectivity index (χ4v) is 5.64. The van der Waals surface area contributed by atoms with Crippen molar-refractivity contribution in [2.45, 2.75) is 70.5 Å². The molecular weight excluding hydrogens is 390 g/mol. The van der Waals surface area contributed by atoms with Gasteiger partial charge in [-0.15, -0.1) is 0 Å². The van der Waals surface area contributed by atoms with Crippen molar-refractivity contribution < 1.29 is 14.7 Å². The molecule has 2 N–H and O–H groups in total. The van der Waals surface area contributed by atoms with Crippen molar-refractivity contribution in [3.8, 4) is 0 Å². The molecule has 0 bridgehead atoms. The lowest BCUT2D eigenvalue weighted by molar-refractivity contribution is -0.142. The van der Waals surface area contributed by atoms with E-state index in [2.05, 4.69) is 22.3 Å². The lowest BCUT2D eigenvalue weighted by Gasteiger charge is -2.32. The van der Waals surface area contributed by atoms with E-state index in [9.17, 15) is 14.7 Å². The molecule has 31 heavy (non-hydrogen) atoms. The van der Waals surface area contributed by atoms with Gasteiger partial charge in [0.2, 0.25) is 11.8 Å². The minimum Gasteiger partial charge on any atom is -0.395 e. The first-order valence-electron chi connectivity index (χ1n) is 12.2. The highest BCUT2D eigenvalue weighted by atomic mass is 16.3. The molecule has 1 aromatic rings. The maximum absolute atomic E-state index is 13.1. The molecule has 1 saturated carbocycles. The Morgan fingerprint density at radius 3 is 2.35 bits per heavy atom. The Morgan fingerprint density at radius 2 is 1.61 bits per heavy atom. The molecule has 3 fully saturated rings. The molecule has 2 saturated heterocycles. The molecule has 2 amide bonds. The van der Waals surface area contributed by atoms with E-state index in [4.69, 9.17) is 0 Å². The van der Waals surface area contributed by atoms with E-state index in [0.717, 1.165) is 83.1 Å². The number of likely N-dealkylation sites (tertiary alicyclic amines) is 2. The lowest BCUT2D eigenvalue weighted by atomic mass is 9.77. The molecule has 3 unspecified atom stereocenters. The Labute approximate surface area is 186 Å². The van der Waals surface area contributed by atoms with Gasteiger partial charge in [-0.05, 0) is 56.2 Å². The van der Waals surface area contributed by atoms with Gasteiger partial charge in [-0.1, -0.05) is 37.1 Å². The van der Waals surface area contributed by atoms with Gasteiger partial charge in [0.15, 0.2) is 0 Å². The molecule has 1 aliphatic carbocycles. The largest absolute Gasteiger partial charge is 0.395 e. The van der Waals surface area contributed by atoms with Crippen LogP contribution in [0, 0.1) is 11.8 Å². The normalized spacial score (nSPS) is 26.9. The minimum atomic E-state index is -0.202. The summed E-state index contributed by atoms with van der Waals surface area (Å²) in [6.07, 6.45) is 8.04. The Kier molecular flexibility index (Phi) is 7.62. The molecule has 1 aromatic carbocycles. The van der Waals surface area contributed by atoms with Crippen LogP contribution in [-0.4, -0.2) is 59.0 Å². The van der Waals surface area contributed by atoms with Crippen LogP contribution >= 0.6 is 0 Å². The second-order valence-electron chi connectivity index (χ2n) is 9.47. The summed E-state index contributed by atoms with van der Waals surface area (Å²) in [5, 5.41) is 12.8. The summed E-state index contributed by atoms with van der Waals surface area (Å²) >= 11 is 0. The third kappa shape index (κ3) is 5.29. The fraction of sp³-hybridized carbons (Fsp3) is 0.680. The summed E-state index contributed by atoms with van der Waals surface area (Å²) in [5.74, 6) is -0.133. The first-order valence-corrected chi connectivity index (χ1v) is 12.2. The molecule has 2 aliphatic heterocycles. The zero-order valence-corrected chi connectivity index (χ0v) is 18.6. The Balaban J connectivity index is 1.38. The average molecular weight is 428 g/mol. The molecular formula is C25H37N3O3. The number of carbonyl (C=O) groups excluding carboxylic acids is 2. The van der Waals surface area contributed by atoms with Crippen molar-refractivity contribution in [1.82, 2.24) is 15.1 Å². The van der Waals surface area contributed by atoms with E-state index in [1.54, 1.807) is 0 Å².